The Morgan fingerprint density at radius 2 is 1.41 bits per heavy atom. The first-order chi connectivity index (χ1) is 17.9. The molecule has 1 atom stereocenters. The van der Waals surface area contributed by atoms with E-state index in [2.05, 4.69) is 19.2 Å². The summed E-state index contributed by atoms with van der Waals surface area (Å²) in [6, 6.07) is 10.2. The van der Waals surface area contributed by atoms with Gasteiger partial charge in [0.15, 0.2) is 23.1 Å². The van der Waals surface area contributed by atoms with Gasteiger partial charge in [0.2, 0.25) is 0 Å². The lowest BCUT2D eigenvalue weighted by atomic mass is 10.0. The smallest absolute Gasteiger partial charge is 0.165 e. The Morgan fingerprint density at radius 1 is 0.838 bits per heavy atom. The first-order valence-corrected chi connectivity index (χ1v) is 14.4. The van der Waals surface area contributed by atoms with Gasteiger partial charge in [0.1, 0.15) is 0 Å². The van der Waals surface area contributed by atoms with Gasteiger partial charge in [0.05, 0.1) is 12.7 Å². The summed E-state index contributed by atoms with van der Waals surface area (Å²) in [5.41, 5.74) is 2.23. The van der Waals surface area contributed by atoms with Crippen molar-refractivity contribution >= 4 is 0 Å². The number of ether oxygens (including phenoxy) is 2. The van der Waals surface area contributed by atoms with Gasteiger partial charge in [0, 0.05) is 19.0 Å². The number of hydrogen-bond donors (Lipinski definition) is 1. The Bertz CT molecular complexity index is 849. The van der Waals surface area contributed by atoms with Crippen LogP contribution < -0.4 is 14.8 Å². The fourth-order valence-corrected chi connectivity index (χ4v) is 3.38. The average Bonchev–Trinajstić information content (AvgIpc) is 3.75. The van der Waals surface area contributed by atoms with Crippen molar-refractivity contribution in [3.05, 3.63) is 59.2 Å². The topological polar surface area (TPSA) is 30.5 Å². The van der Waals surface area contributed by atoms with Crippen molar-refractivity contribution in [1.29, 1.82) is 0 Å². The molecule has 0 unspecified atom stereocenters. The van der Waals surface area contributed by atoms with E-state index in [-0.39, 0.29) is 17.7 Å². The van der Waals surface area contributed by atoms with Crippen LogP contribution in [0.4, 0.5) is 8.78 Å². The molecule has 0 aromatic heterocycles. The molecule has 212 valence electrons. The van der Waals surface area contributed by atoms with Crippen LogP contribution >= 0.6 is 0 Å². The van der Waals surface area contributed by atoms with Crippen LogP contribution in [0.2, 0.25) is 0 Å². The second-order valence-corrected chi connectivity index (χ2v) is 8.96. The van der Waals surface area contributed by atoms with E-state index in [9.17, 15) is 8.78 Å². The van der Waals surface area contributed by atoms with Gasteiger partial charge in [-0.05, 0) is 73.4 Å². The molecule has 0 bridgehead atoms. The van der Waals surface area contributed by atoms with Crippen LogP contribution in [-0.2, 0) is 6.42 Å². The molecule has 1 heterocycles. The van der Waals surface area contributed by atoms with Crippen LogP contribution in [0, 0.1) is 23.5 Å². The molecule has 2 fully saturated rings. The Balaban J connectivity index is 0.000000584. The van der Waals surface area contributed by atoms with Crippen molar-refractivity contribution in [1.82, 2.24) is 5.32 Å². The number of rotatable bonds is 8. The monoisotopic (exact) mass is 521 g/mol. The Labute approximate surface area is 226 Å². The zero-order valence-electron chi connectivity index (χ0n) is 25.1. The largest absolute Gasteiger partial charge is 0.490 e. The molecule has 0 radical (unpaired) electrons. The number of benzene rings is 2. The van der Waals surface area contributed by atoms with Gasteiger partial charge in [-0.25, -0.2) is 8.78 Å². The van der Waals surface area contributed by atoms with Crippen molar-refractivity contribution in [2.45, 2.75) is 101 Å². The van der Waals surface area contributed by atoms with Gasteiger partial charge in [-0.3, -0.25) is 0 Å². The highest BCUT2D eigenvalue weighted by atomic mass is 19.1. The van der Waals surface area contributed by atoms with Crippen LogP contribution in [0.25, 0.3) is 0 Å². The molecule has 1 saturated carbocycles. The van der Waals surface area contributed by atoms with Gasteiger partial charge in [-0.2, -0.15) is 0 Å². The molecule has 0 spiro atoms. The van der Waals surface area contributed by atoms with Crippen LogP contribution in [0.1, 0.15) is 99.1 Å². The fourth-order valence-electron chi connectivity index (χ4n) is 3.38. The maximum absolute atomic E-state index is 13.6. The first-order valence-electron chi connectivity index (χ1n) is 14.4. The van der Waals surface area contributed by atoms with E-state index in [1.165, 1.54) is 25.0 Å². The van der Waals surface area contributed by atoms with E-state index in [4.69, 9.17) is 9.47 Å². The molecule has 3 nitrogen and oxygen atoms in total. The van der Waals surface area contributed by atoms with E-state index in [1.807, 2.05) is 67.5 Å². The first kappa shape index (κ1) is 34.9. The molecular weight excluding hydrogens is 468 g/mol. The summed E-state index contributed by atoms with van der Waals surface area (Å²) in [6.45, 7) is 22.8. The quantitative estimate of drug-likeness (QED) is 0.375. The lowest BCUT2D eigenvalue weighted by Crippen LogP contribution is -2.45. The SMILES string of the molecule is CC.CC.CC.CC(C)c1ccc(F)c(O[C@H](C)C2CC2)c1.CCc1ccc(F)c(OCC2CNC2)c1. The van der Waals surface area contributed by atoms with Crippen molar-refractivity contribution in [2.75, 3.05) is 19.7 Å². The van der Waals surface area contributed by atoms with Gasteiger partial charge < -0.3 is 14.8 Å². The van der Waals surface area contributed by atoms with Crippen LogP contribution in [0.5, 0.6) is 11.5 Å². The summed E-state index contributed by atoms with van der Waals surface area (Å²) >= 11 is 0. The maximum atomic E-state index is 13.6. The van der Waals surface area contributed by atoms with Crippen molar-refractivity contribution in [3.63, 3.8) is 0 Å². The zero-order chi connectivity index (χ0) is 28.4. The van der Waals surface area contributed by atoms with E-state index in [1.54, 1.807) is 12.1 Å². The third kappa shape index (κ3) is 12.8. The summed E-state index contributed by atoms with van der Waals surface area (Å²) in [6.07, 6.45) is 3.47. The van der Waals surface area contributed by atoms with Crippen molar-refractivity contribution < 1.29 is 18.3 Å². The second kappa shape index (κ2) is 19.9. The van der Waals surface area contributed by atoms with E-state index < -0.39 is 0 Å². The molecule has 2 aliphatic rings. The molecule has 5 heteroatoms. The molecule has 1 aliphatic carbocycles. The van der Waals surface area contributed by atoms with Gasteiger partial charge >= 0.3 is 0 Å². The molecule has 1 N–H and O–H groups in total. The fraction of sp³-hybridized carbons (Fsp3) is 0.625. The lowest BCUT2D eigenvalue weighted by Gasteiger charge is -2.26. The number of hydrogen-bond acceptors (Lipinski definition) is 3. The van der Waals surface area contributed by atoms with Crippen LogP contribution in [-0.4, -0.2) is 25.8 Å². The molecule has 1 aliphatic heterocycles. The van der Waals surface area contributed by atoms with E-state index in [0.29, 0.717) is 35.9 Å². The second-order valence-electron chi connectivity index (χ2n) is 8.96. The summed E-state index contributed by atoms with van der Waals surface area (Å²) in [7, 11) is 0. The molecule has 4 rings (SSSR count). The number of aryl methyl sites for hydroxylation is 1. The summed E-state index contributed by atoms with van der Waals surface area (Å²) < 4.78 is 38.0. The molecular formula is C32H53F2NO2. The highest BCUT2D eigenvalue weighted by Crippen LogP contribution is 2.35. The molecule has 2 aromatic rings. The molecule has 0 amide bonds. The molecule has 37 heavy (non-hydrogen) atoms. The molecule has 2 aromatic carbocycles. The van der Waals surface area contributed by atoms with Crippen LogP contribution in [0.15, 0.2) is 36.4 Å². The highest BCUT2D eigenvalue weighted by molar-refractivity contribution is 5.32. The lowest BCUT2D eigenvalue weighted by molar-refractivity contribution is 0.189. The summed E-state index contributed by atoms with van der Waals surface area (Å²) in [5, 5.41) is 3.16. The summed E-state index contributed by atoms with van der Waals surface area (Å²) in [5.74, 6) is 1.85. The van der Waals surface area contributed by atoms with Gasteiger partial charge in [-0.15, -0.1) is 0 Å². The third-order valence-electron chi connectivity index (χ3n) is 5.97. The predicted molar refractivity (Wildman–Crippen MR) is 155 cm³/mol. The Kier molecular flexibility index (Phi) is 18.8. The minimum atomic E-state index is -0.264. The summed E-state index contributed by atoms with van der Waals surface area (Å²) in [4.78, 5) is 0. The predicted octanol–water partition coefficient (Wildman–Crippen LogP) is 9.19. The average molecular weight is 522 g/mol. The molecule has 1 saturated heterocycles. The van der Waals surface area contributed by atoms with E-state index >= 15 is 0 Å². The minimum Gasteiger partial charge on any atom is -0.490 e. The van der Waals surface area contributed by atoms with Crippen molar-refractivity contribution in [2.24, 2.45) is 11.8 Å². The van der Waals surface area contributed by atoms with Gasteiger partial charge in [-0.1, -0.05) is 74.4 Å². The minimum absolute atomic E-state index is 0.136. The van der Waals surface area contributed by atoms with Crippen molar-refractivity contribution in [3.8, 4) is 11.5 Å². The Morgan fingerprint density at radius 3 is 1.89 bits per heavy atom. The normalized spacial score (nSPS) is 14.6. The number of nitrogens with one attached hydrogen (secondary N) is 1. The van der Waals surface area contributed by atoms with E-state index in [0.717, 1.165) is 30.6 Å². The highest BCUT2D eigenvalue weighted by Gasteiger charge is 2.30. The third-order valence-corrected chi connectivity index (χ3v) is 5.97. The Hall–Kier alpha value is -2.14. The number of halogens is 2. The van der Waals surface area contributed by atoms with Gasteiger partial charge in [0.25, 0.3) is 0 Å². The standard InChI is InChI=1S/C14H19FO.C12H16FNO.3C2H6/c1-9(2)12-6-7-13(15)14(8-12)16-10(3)11-4-5-11;1-2-9-3-4-11(13)12(5-9)15-8-10-6-14-7-10;3*1-2/h6-11H,4-5H2,1-3H3;3-5,10,14H,2,6-8H2,1H3;3*1-2H3/t10-;;;;/m1..../s1. The zero-order valence-corrected chi connectivity index (χ0v) is 25.1. The maximum Gasteiger partial charge on any atom is 0.165 e. The van der Waals surface area contributed by atoms with Crippen LogP contribution in [0.3, 0.4) is 0 Å².